The number of hydrogen-bond donors (Lipinski definition) is 1. The summed E-state index contributed by atoms with van der Waals surface area (Å²) >= 11 is 0. The van der Waals surface area contributed by atoms with E-state index in [-0.39, 0.29) is 10.6 Å². The summed E-state index contributed by atoms with van der Waals surface area (Å²) < 4.78 is 1.69. The molecule has 7 heteroatoms. The SMILES string of the molecule is CCc1nn(C)c(N2CCCCC2CCNC)c1[N+](=O)[O-]. The van der Waals surface area contributed by atoms with Crippen molar-refractivity contribution in [1.29, 1.82) is 0 Å². The lowest BCUT2D eigenvalue weighted by Gasteiger charge is -2.36. The maximum atomic E-state index is 11.5. The number of hydrogen-bond acceptors (Lipinski definition) is 5. The molecule has 118 valence electrons. The summed E-state index contributed by atoms with van der Waals surface area (Å²) in [7, 11) is 3.75. The molecule has 2 rings (SSSR count). The molecule has 0 radical (unpaired) electrons. The number of aromatic nitrogens is 2. The smallest absolute Gasteiger partial charge is 0.334 e. The van der Waals surface area contributed by atoms with Crippen LogP contribution in [0.2, 0.25) is 0 Å². The molecule has 1 aromatic rings. The number of aryl methyl sites for hydroxylation is 2. The second kappa shape index (κ2) is 6.89. The summed E-state index contributed by atoms with van der Waals surface area (Å²) in [4.78, 5) is 13.4. The summed E-state index contributed by atoms with van der Waals surface area (Å²) in [5.41, 5.74) is 0.770. The van der Waals surface area contributed by atoms with Gasteiger partial charge in [0.15, 0.2) is 0 Å². The fourth-order valence-electron chi connectivity index (χ4n) is 3.20. The molecule has 1 unspecified atom stereocenters. The van der Waals surface area contributed by atoms with Crippen molar-refractivity contribution in [2.45, 2.75) is 45.1 Å². The van der Waals surface area contributed by atoms with E-state index < -0.39 is 0 Å². The summed E-state index contributed by atoms with van der Waals surface area (Å²) in [6.07, 6.45) is 4.95. The van der Waals surface area contributed by atoms with Crippen LogP contribution in [0, 0.1) is 10.1 Å². The first kappa shape index (κ1) is 15.8. The highest BCUT2D eigenvalue weighted by Gasteiger charge is 2.34. The van der Waals surface area contributed by atoms with Gasteiger partial charge in [-0.1, -0.05) is 6.92 Å². The van der Waals surface area contributed by atoms with Gasteiger partial charge in [-0.3, -0.25) is 10.1 Å². The summed E-state index contributed by atoms with van der Waals surface area (Å²) in [5, 5.41) is 19.0. The Morgan fingerprint density at radius 3 is 2.86 bits per heavy atom. The first-order chi connectivity index (χ1) is 10.1. The molecule has 2 heterocycles. The van der Waals surface area contributed by atoms with E-state index in [0.717, 1.165) is 32.4 Å². The first-order valence-corrected chi connectivity index (χ1v) is 7.71. The number of piperidine rings is 1. The van der Waals surface area contributed by atoms with Crippen molar-refractivity contribution in [3.8, 4) is 0 Å². The van der Waals surface area contributed by atoms with Crippen LogP contribution in [-0.2, 0) is 13.5 Å². The summed E-state index contributed by atoms with van der Waals surface area (Å²) in [5.74, 6) is 0.678. The molecule has 0 aromatic carbocycles. The Hall–Kier alpha value is -1.63. The number of nitrogens with zero attached hydrogens (tertiary/aromatic N) is 4. The lowest BCUT2D eigenvalue weighted by Crippen LogP contribution is -2.42. The van der Waals surface area contributed by atoms with Crippen molar-refractivity contribution >= 4 is 11.5 Å². The lowest BCUT2D eigenvalue weighted by molar-refractivity contribution is -0.384. The number of nitro groups is 1. The average molecular weight is 295 g/mol. The van der Waals surface area contributed by atoms with E-state index >= 15 is 0 Å². The highest BCUT2D eigenvalue weighted by Crippen LogP contribution is 2.36. The molecule has 1 aliphatic heterocycles. The monoisotopic (exact) mass is 295 g/mol. The van der Waals surface area contributed by atoms with Gasteiger partial charge in [0.1, 0.15) is 5.69 Å². The van der Waals surface area contributed by atoms with E-state index in [4.69, 9.17) is 0 Å². The maximum Gasteiger partial charge on any atom is 0.334 e. The van der Waals surface area contributed by atoms with Crippen molar-refractivity contribution in [2.75, 3.05) is 25.0 Å². The predicted molar refractivity (Wildman–Crippen MR) is 82.8 cm³/mol. The minimum atomic E-state index is -0.273. The minimum Gasteiger partial charge on any atom is -0.348 e. The van der Waals surface area contributed by atoms with Crippen LogP contribution in [0.4, 0.5) is 11.5 Å². The van der Waals surface area contributed by atoms with Gasteiger partial charge in [-0.05, 0) is 45.7 Å². The van der Waals surface area contributed by atoms with Gasteiger partial charge in [0.05, 0.1) is 4.92 Å². The number of anilines is 1. The van der Waals surface area contributed by atoms with Crippen LogP contribution in [0.15, 0.2) is 0 Å². The highest BCUT2D eigenvalue weighted by atomic mass is 16.6. The number of rotatable bonds is 6. The van der Waals surface area contributed by atoms with Gasteiger partial charge in [-0.25, -0.2) is 4.68 Å². The van der Waals surface area contributed by atoms with Crippen molar-refractivity contribution in [2.24, 2.45) is 7.05 Å². The fourth-order valence-corrected chi connectivity index (χ4v) is 3.20. The first-order valence-electron chi connectivity index (χ1n) is 7.71. The lowest BCUT2D eigenvalue weighted by atomic mass is 9.99. The van der Waals surface area contributed by atoms with Gasteiger partial charge in [0, 0.05) is 19.6 Å². The van der Waals surface area contributed by atoms with Gasteiger partial charge in [-0.2, -0.15) is 5.10 Å². The molecular weight excluding hydrogens is 270 g/mol. The fraction of sp³-hybridized carbons (Fsp3) is 0.786. The van der Waals surface area contributed by atoms with Crippen molar-refractivity contribution in [3.63, 3.8) is 0 Å². The zero-order valence-electron chi connectivity index (χ0n) is 13.1. The van der Waals surface area contributed by atoms with E-state index in [1.807, 2.05) is 21.0 Å². The Balaban J connectivity index is 2.37. The van der Waals surface area contributed by atoms with Gasteiger partial charge >= 0.3 is 5.69 Å². The van der Waals surface area contributed by atoms with Crippen LogP contribution in [0.5, 0.6) is 0 Å². The largest absolute Gasteiger partial charge is 0.348 e. The van der Waals surface area contributed by atoms with Gasteiger partial charge in [-0.15, -0.1) is 0 Å². The second-order valence-electron chi connectivity index (χ2n) is 5.59. The normalized spacial score (nSPS) is 19.0. The molecule has 1 atom stereocenters. The quantitative estimate of drug-likeness (QED) is 0.640. The molecule has 0 saturated carbocycles. The van der Waals surface area contributed by atoms with Gasteiger partial charge in [0.25, 0.3) is 0 Å². The molecule has 0 spiro atoms. The van der Waals surface area contributed by atoms with Crippen molar-refractivity contribution in [1.82, 2.24) is 15.1 Å². The van der Waals surface area contributed by atoms with Crippen LogP contribution in [-0.4, -0.2) is 40.9 Å². The molecule has 21 heavy (non-hydrogen) atoms. The molecule has 1 fully saturated rings. The Morgan fingerprint density at radius 1 is 1.48 bits per heavy atom. The van der Waals surface area contributed by atoms with Crippen LogP contribution in [0.25, 0.3) is 0 Å². The average Bonchev–Trinajstić information content (AvgIpc) is 2.82. The molecule has 0 aliphatic carbocycles. The Morgan fingerprint density at radius 2 is 2.24 bits per heavy atom. The standard InChI is InChI=1S/C14H25N5O2/c1-4-12-13(19(20)21)14(17(3)16-12)18-10-6-5-7-11(18)8-9-15-2/h11,15H,4-10H2,1-3H3. The third-order valence-corrected chi connectivity index (χ3v) is 4.21. The Kier molecular flexibility index (Phi) is 5.17. The van der Waals surface area contributed by atoms with Crippen molar-refractivity contribution in [3.05, 3.63) is 15.8 Å². The van der Waals surface area contributed by atoms with E-state index in [0.29, 0.717) is 24.0 Å². The Bertz CT molecular complexity index is 500. The van der Waals surface area contributed by atoms with Crippen LogP contribution in [0.1, 0.15) is 38.3 Å². The van der Waals surface area contributed by atoms with E-state index in [1.54, 1.807) is 4.68 Å². The van der Waals surface area contributed by atoms with Crippen LogP contribution < -0.4 is 10.2 Å². The van der Waals surface area contributed by atoms with E-state index in [9.17, 15) is 10.1 Å². The topological polar surface area (TPSA) is 76.2 Å². The maximum absolute atomic E-state index is 11.5. The Labute approximate surface area is 125 Å². The molecular formula is C14H25N5O2. The molecule has 1 N–H and O–H groups in total. The van der Waals surface area contributed by atoms with Gasteiger partial charge in [0.2, 0.25) is 5.82 Å². The second-order valence-corrected chi connectivity index (χ2v) is 5.59. The molecule has 0 bridgehead atoms. The molecule has 7 nitrogen and oxygen atoms in total. The van der Waals surface area contributed by atoms with Crippen molar-refractivity contribution < 1.29 is 4.92 Å². The van der Waals surface area contributed by atoms with Gasteiger partial charge < -0.3 is 10.2 Å². The predicted octanol–water partition coefficient (Wildman–Crippen LogP) is 1.86. The van der Waals surface area contributed by atoms with E-state index in [1.165, 1.54) is 6.42 Å². The van der Waals surface area contributed by atoms with Crippen LogP contribution in [0.3, 0.4) is 0 Å². The molecule has 1 saturated heterocycles. The van der Waals surface area contributed by atoms with E-state index in [2.05, 4.69) is 15.3 Å². The summed E-state index contributed by atoms with van der Waals surface area (Å²) in [6.45, 7) is 3.71. The zero-order chi connectivity index (χ0) is 15.4. The third kappa shape index (κ3) is 3.18. The molecule has 0 amide bonds. The molecule has 1 aromatic heterocycles. The van der Waals surface area contributed by atoms with Crippen LogP contribution >= 0.6 is 0 Å². The summed E-state index contributed by atoms with van der Waals surface area (Å²) in [6, 6.07) is 0.352. The number of nitrogens with one attached hydrogen (secondary N) is 1. The highest BCUT2D eigenvalue weighted by molar-refractivity contribution is 5.62. The molecule has 1 aliphatic rings. The minimum absolute atomic E-state index is 0.191. The third-order valence-electron chi connectivity index (χ3n) is 4.21. The zero-order valence-corrected chi connectivity index (χ0v) is 13.1.